The van der Waals surface area contributed by atoms with Gasteiger partial charge in [-0.15, -0.1) is 0 Å². The fraction of sp³-hybridized carbons (Fsp3) is 0.522. The molecule has 0 aromatic heterocycles. The summed E-state index contributed by atoms with van der Waals surface area (Å²) < 4.78 is 5.12. The molecule has 2 rings (SSSR count). The molecule has 1 aromatic rings. The number of Topliss-reactive ketones (excluding diaryl/α,β-unsaturated/α-hetero) is 1. The van der Waals surface area contributed by atoms with E-state index < -0.39 is 42.3 Å². The predicted molar refractivity (Wildman–Crippen MR) is 126 cm³/mol. The fourth-order valence-corrected chi connectivity index (χ4v) is 4.20. The number of carbonyl (C=O) groups excluding carboxylic acids is 5. The number of rotatable bonds is 11. The highest BCUT2D eigenvalue weighted by Gasteiger charge is 2.33. The Morgan fingerprint density at radius 3 is 2.29 bits per heavy atom. The number of halogens is 2. The molecule has 3 atom stereocenters. The second-order valence-corrected chi connectivity index (χ2v) is 9.41. The minimum absolute atomic E-state index is 0.0370. The first-order valence-electron chi connectivity index (χ1n) is 11.0. The normalized spacial score (nSPS) is 17.0. The van der Waals surface area contributed by atoms with Crippen LogP contribution in [0, 0.1) is 11.8 Å². The summed E-state index contributed by atoms with van der Waals surface area (Å²) in [7, 11) is 0. The number of esters is 1. The zero-order valence-corrected chi connectivity index (χ0v) is 20.8. The highest BCUT2D eigenvalue weighted by Crippen LogP contribution is 2.25. The van der Waals surface area contributed by atoms with Gasteiger partial charge in [-0.25, -0.2) is 4.79 Å². The van der Waals surface area contributed by atoms with Crippen molar-refractivity contribution in [2.45, 2.75) is 52.1 Å². The van der Waals surface area contributed by atoms with Gasteiger partial charge in [0, 0.05) is 19.4 Å². The highest BCUT2D eigenvalue weighted by atomic mass is 35.5. The monoisotopic (exact) mass is 513 g/mol. The van der Waals surface area contributed by atoms with Crippen LogP contribution in [0.25, 0.3) is 0 Å². The molecule has 1 fully saturated rings. The van der Waals surface area contributed by atoms with Gasteiger partial charge >= 0.3 is 5.97 Å². The van der Waals surface area contributed by atoms with Crippen molar-refractivity contribution in [3.8, 4) is 0 Å². The van der Waals surface area contributed by atoms with Crippen LogP contribution in [0.3, 0.4) is 0 Å². The molecule has 3 amide bonds. The van der Waals surface area contributed by atoms with Crippen LogP contribution in [0.2, 0.25) is 10.0 Å². The Kier molecular flexibility index (Phi) is 10.3. The standard InChI is InChI=1S/C23H29Cl2N3O6/c1-12(2)9-18(27-13(3)29)22(32)28-17(10-14-7-8-26-21(14)31)19(30)11-34-23(33)20-15(24)5-4-6-16(20)25/h4-6,12,14,17-18H,7-11H2,1-3H3,(H,26,31)(H,27,29)(H,28,32)/t14?,17-,18-/m1/s1. The number of hydrogen-bond acceptors (Lipinski definition) is 6. The summed E-state index contributed by atoms with van der Waals surface area (Å²) in [5.41, 5.74) is -0.0722. The van der Waals surface area contributed by atoms with Gasteiger partial charge in [0.15, 0.2) is 12.4 Å². The molecule has 1 saturated heterocycles. The highest BCUT2D eigenvalue weighted by molar-refractivity contribution is 6.39. The van der Waals surface area contributed by atoms with Crippen LogP contribution in [0.15, 0.2) is 18.2 Å². The largest absolute Gasteiger partial charge is 0.454 e. The molecule has 0 saturated carbocycles. The topological polar surface area (TPSA) is 131 Å². The minimum atomic E-state index is -1.10. The van der Waals surface area contributed by atoms with Crippen LogP contribution in [-0.4, -0.2) is 54.7 Å². The van der Waals surface area contributed by atoms with E-state index in [1.54, 1.807) is 6.07 Å². The summed E-state index contributed by atoms with van der Waals surface area (Å²) in [6.07, 6.45) is 0.903. The Morgan fingerprint density at radius 1 is 1.12 bits per heavy atom. The molecular formula is C23H29Cl2N3O6. The number of carbonyl (C=O) groups is 5. The lowest BCUT2D eigenvalue weighted by molar-refractivity contribution is -0.133. The van der Waals surface area contributed by atoms with E-state index in [1.165, 1.54) is 19.1 Å². The maximum atomic E-state index is 13.0. The van der Waals surface area contributed by atoms with E-state index in [1.807, 2.05) is 13.8 Å². The maximum Gasteiger partial charge on any atom is 0.341 e. The van der Waals surface area contributed by atoms with Gasteiger partial charge in [0.1, 0.15) is 6.04 Å². The number of ketones is 1. The van der Waals surface area contributed by atoms with E-state index >= 15 is 0 Å². The van der Waals surface area contributed by atoms with Crippen molar-refractivity contribution in [3.05, 3.63) is 33.8 Å². The second-order valence-electron chi connectivity index (χ2n) is 8.60. The van der Waals surface area contributed by atoms with E-state index in [-0.39, 0.29) is 39.8 Å². The van der Waals surface area contributed by atoms with Crippen LogP contribution in [0.1, 0.15) is 50.4 Å². The summed E-state index contributed by atoms with van der Waals surface area (Å²) in [5, 5.41) is 8.06. The molecule has 186 valence electrons. The van der Waals surface area contributed by atoms with Crippen molar-refractivity contribution >= 4 is 52.7 Å². The number of ether oxygens (including phenoxy) is 1. The number of nitrogens with one attached hydrogen (secondary N) is 3. The van der Waals surface area contributed by atoms with Crippen molar-refractivity contribution in [2.24, 2.45) is 11.8 Å². The predicted octanol–water partition coefficient (Wildman–Crippen LogP) is 2.28. The van der Waals surface area contributed by atoms with Gasteiger partial charge < -0.3 is 20.7 Å². The zero-order chi connectivity index (χ0) is 25.4. The van der Waals surface area contributed by atoms with Crippen LogP contribution in [-0.2, 0) is 23.9 Å². The van der Waals surface area contributed by atoms with Gasteiger partial charge in [-0.05, 0) is 37.3 Å². The van der Waals surface area contributed by atoms with E-state index in [0.717, 1.165) is 0 Å². The molecule has 0 spiro atoms. The van der Waals surface area contributed by atoms with Crippen molar-refractivity contribution in [1.29, 1.82) is 0 Å². The van der Waals surface area contributed by atoms with Crippen LogP contribution in [0.5, 0.6) is 0 Å². The first-order valence-corrected chi connectivity index (χ1v) is 11.7. The summed E-state index contributed by atoms with van der Waals surface area (Å²) in [6, 6.07) is 2.54. The van der Waals surface area contributed by atoms with Crippen LogP contribution >= 0.6 is 23.2 Å². The van der Waals surface area contributed by atoms with Gasteiger partial charge in [0.25, 0.3) is 0 Å². The van der Waals surface area contributed by atoms with E-state index in [2.05, 4.69) is 16.0 Å². The average Bonchev–Trinajstić information content (AvgIpc) is 3.14. The molecular weight excluding hydrogens is 485 g/mol. The quantitative estimate of drug-likeness (QED) is 0.389. The molecule has 1 aliphatic rings. The summed E-state index contributed by atoms with van der Waals surface area (Å²) in [6.45, 7) is 4.90. The average molecular weight is 514 g/mol. The van der Waals surface area contributed by atoms with Crippen LogP contribution in [0.4, 0.5) is 0 Å². The molecule has 0 aliphatic carbocycles. The van der Waals surface area contributed by atoms with E-state index in [9.17, 15) is 24.0 Å². The van der Waals surface area contributed by atoms with Gasteiger partial charge in [-0.3, -0.25) is 19.2 Å². The van der Waals surface area contributed by atoms with Gasteiger partial charge in [-0.2, -0.15) is 0 Å². The molecule has 3 N–H and O–H groups in total. The molecule has 0 radical (unpaired) electrons. The first-order chi connectivity index (χ1) is 16.0. The lowest BCUT2D eigenvalue weighted by atomic mass is 9.95. The summed E-state index contributed by atoms with van der Waals surface area (Å²) >= 11 is 12.0. The van der Waals surface area contributed by atoms with Crippen molar-refractivity contribution in [2.75, 3.05) is 13.2 Å². The Hall–Kier alpha value is -2.65. The van der Waals surface area contributed by atoms with Gasteiger partial charge in [0.05, 0.1) is 21.7 Å². The first kappa shape index (κ1) is 27.6. The van der Waals surface area contributed by atoms with E-state index in [4.69, 9.17) is 27.9 Å². The number of amides is 3. The lowest BCUT2D eigenvalue weighted by Crippen LogP contribution is -2.53. The smallest absolute Gasteiger partial charge is 0.341 e. The third-order valence-corrected chi connectivity index (χ3v) is 5.93. The molecule has 11 heteroatoms. The third-order valence-electron chi connectivity index (χ3n) is 5.30. The van der Waals surface area contributed by atoms with Gasteiger partial charge in [0.2, 0.25) is 17.7 Å². The Labute approximate surface area is 208 Å². The molecule has 1 heterocycles. The van der Waals surface area contributed by atoms with Crippen molar-refractivity contribution < 1.29 is 28.7 Å². The Balaban J connectivity index is 2.14. The lowest BCUT2D eigenvalue weighted by Gasteiger charge is -2.24. The number of benzene rings is 1. The fourth-order valence-electron chi connectivity index (χ4n) is 3.65. The Bertz CT molecular complexity index is 932. The molecule has 9 nitrogen and oxygen atoms in total. The molecule has 1 aromatic carbocycles. The third kappa shape index (κ3) is 7.99. The van der Waals surface area contributed by atoms with E-state index in [0.29, 0.717) is 19.4 Å². The minimum Gasteiger partial charge on any atom is -0.454 e. The zero-order valence-electron chi connectivity index (χ0n) is 19.3. The molecule has 1 aliphatic heterocycles. The van der Waals surface area contributed by atoms with Gasteiger partial charge in [-0.1, -0.05) is 43.1 Å². The molecule has 0 bridgehead atoms. The SMILES string of the molecule is CC(=O)N[C@H](CC(C)C)C(=O)N[C@H](CC1CCNC1=O)C(=O)COC(=O)c1c(Cl)cccc1Cl. The van der Waals surface area contributed by atoms with Crippen molar-refractivity contribution in [3.63, 3.8) is 0 Å². The Morgan fingerprint density at radius 2 is 1.76 bits per heavy atom. The van der Waals surface area contributed by atoms with Crippen LogP contribution < -0.4 is 16.0 Å². The molecule has 1 unspecified atom stereocenters. The second kappa shape index (κ2) is 12.7. The molecule has 34 heavy (non-hydrogen) atoms. The summed E-state index contributed by atoms with van der Waals surface area (Å²) in [5.74, 6) is -3.02. The summed E-state index contributed by atoms with van der Waals surface area (Å²) in [4.78, 5) is 61.9. The maximum absolute atomic E-state index is 13.0. The number of hydrogen-bond donors (Lipinski definition) is 3. The van der Waals surface area contributed by atoms with Crippen molar-refractivity contribution in [1.82, 2.24) is 16.0 Å².